The van der Waals surface area contributed by atoms with Crippen LogP contribution in [0.15, 0.2) is 42.7 Å². The molecule has 0 N–H and O–H groups in total. The van der Waals surface area contributed by atoms with Crippen LogP contribution in [0.5, 0.6) is 0 Å². The molecule has 2 aliphatic heterocycles. The molecular formula is C26H23F3N6O. The van der Waals surface area contributed by atoms with Gasteiger partial charge in [0.15, 0.2) is 23.1 Å². The molecule has 36 heavy (non-hydrogen) atoms. The lowest BCUT2D eigenvalue weighted by Gasteiger charge is -2.45. The van der Waals surface area contributed by atoms with Crippen LogP contribution in [-0.4, -0.2) is 41.4 Å². The second-order valence-electron chi connectivity index (χ2n) is 9.38. The molecule has 1 saturated heterocycles. The molecule has 1 amide bonds. The van der Waals surface area contributed by atoms with Gasteiger partial charge in [-0.25, -0.2) is 22.8 Å². The Labute approximate surface area is 205 Å². The van der Waals surface area contributed by atoms with Crippen LogP contribution >= 0.6 is 0 Å². The molecule has 10 heteroatoms. The fourth-order valence-corrected chi connectivity index (χ4v) is 5.63. The summed E-state index contributed by atoms with van der Waals surface area (Å²) in [6, 6.07) is 7.02. The number of aromatic nitrogens is 5. The molecule has 4 aromatic rings. The van der Waals surface area contributed by atoms with Crippen LogP contribution in [-0.2, 0) is 13.5 Å². The molecule has 3 aromatic heterocycles. The van der Waals surface area contributed by atoms with Crippen LogP contribution in [0.2, 0.25) is 0 Å². The molecule has 2 atom stereocenters. The molecule has 184 valence electrons. The highest BCUT2D eigenvalue weighted by Gasteiger charge is 2.44. The molecule has 1 aromatic carbocycles. The van der Waals surface area contributed by atoms with Crippen molar-refractivity contribution in [3.8, 4) is 16.9 Å². The van der Waals surface area contributed by atoms with Crippen molar-refractivity contribution in [1.29, 1.82) is 0 Å². The Kier molecular flexibility index (Phi) is 5.20. The number of hydrogen-bond donors (Lipinski definition) is 0. The van der Waals surface area contributed by atoms with E-state index >= 15 is 0 Å². The van der Waals surface area contributed by atoms with Crippen molar-refractivity contribution in [2.75, 3.05) is 0 Å². The summed E-state index contributed by atoms with van der Waals surface area (Å²) >= 11 is 0. The summed E-state index contributed by atoms with van der Waals surface area (Å²) in [7, 11) is 1.70. The lowest BCUT2D eigenvalue weighted by atomic mass is 9.81. The fraction of sp³-hybridized carbons (Fsp3) is 0.308. The van der Waals surface area contributed by atoms with E-state index in [-0.39, 0.29) is 23.6 Å². The first kappa shape index (κ1) is 22.5. The van der Waals surface area contributed by atoms with Gasteiger partial charge in [0.1, 0.15) is 0 Å². The van der Waals surface area contributed by atoms with Gasteiger partial charge in [-0.1, -0.05) is 0 Å². The summed E-state index contributed by atoms with van der Waals surface area (Å²) in [5, 5.41) is 8.98. The number of pyridine rings is 1. The first-order chi connectivity index (χ1) is 17.3. The molecule has 7 nitrogen and oxygen atoms in total. The predicted octanol–water partition coefficient (Wildman–Crippen LogP) is 4.69. The molecule has 0 saturated carbocycles. The first-order valence-corrected chi connectivity index (χ1v) is 11.8. The SMILES string of the molecule is Cc1ccc(-n2cccn2)c(C(=O)N2C3CCCC2c2nn(C)c(-c4cc(F)c(F)c(F)c4)c2C3)n1. The van der Waals surface area contributed by atoms with E-state index in [1.54, 1.807) is 34.9 Å². The van der Waals surface area contributed by atoms with Gasteiger partial charge in [-0.2, -0.15) is 10.2 Å². The molecule has 2 bridgehead atoms. The van der Waals surface area contributed by atoms with Crippen molar-refractivity contribution in [1.82, 2.24) is 29.4 Å². The lowest BCUT2D eigenvalue weighted by Crippen LogP contribution is -2.50. The molecule has 6 rings (SSSR count). The lowest BCUT2D eigenvalue weighted by molar-refractivity contribution is 0.0385. The zero-order valence-corrected chi connectivity index (χ0v) is 19.8. The minimum atomic E-state index is -1.50. The Morgan fingerprint density at radius 1 is 1.11 bits per heavy atom. The highest BCUT2D eigenvalue weighted by Crippen LogP contribution is 2.45. The van der Waals surface area contributed by atoms with Gasteiger partial charge in [0, 0.05) is 42.3 Å². The third-order valence-electron chi connectivity index (χ3n) is 7.13. The maximum atomic E-state index is 14.1. The fourth-order valence-electron chi connectivity index (χ4n) is 5.63. The summed E-state index contributed by atoms with van der Waals surface area (Å²) in [6.07, 6.45) is 6.31. The standard InChI is InChI=1S/C26H23F3N6O/c1-14-7-8-20(34-10-4-9-30-34)24(31-14)26(36)35-16-5-3-6-21(35)23-17(13-16)25(33(2)32-23)15-11-18(27)22(29)19(28)12-15/h4,7-12,16,21H,3,5-6,13H2,1-2H3. The number of aryl methyl sites for hydroxylation is 2. The Balaban J connectivity index is 1.45. The Hall–Kier alpha value is -3.95. The Bertz CT molecular complexity index is 1470. The van der Waals surface area contributed by atoms with Crippen molar-refractivity contribution in [3.05, 3.63) is 82.8 Å². The largest absolute Gasteiger partial charge is 0.325 e. The average Bonchev–Trinajstić information content (AvgIpc) is 3.49. The highest BCUT2D eigenvalue weighted by molar-refractivity contribution is 5.96. The van der Waals surface area contributed by atoms with Gasteiger partial charge >= 0.3 is 0 Å². The summed E-state index contributed by atoms with van der Waals surface area (Å²) in [4.78, 5) is 20.5. The van der Waals surface area contributed by atoms with Crippen LogP contribution in [0.25, 0.3) is 16.9 Å². The predicted molar refractivity (Wildman–Crippen MR) is 125 cm³/mol. The molecule has 5 heterocycles. The Morgan fingerprint density at radius 2 is 1.89 bits per heavy atom. The number of amides is 1. The van der Waals surface area contributed by atoms with E-state index in [4.69, 9.17) is 5.10 Å². The van der Waals surface area contributed by atoms with Crippen molar-refractivity contribution < 1.29 is 18.0 Å². The third kappa shape index (κ3) is 3.42. The Morgan fingerprint density at radius 3 is 2.61 bits per heavy atom. The van der Waals surface area contributed by atoms with E-state index in [9.17, 15) is 18.0 Å². The quantitative estimate of drug-likeness (QED) is 0.390. The summed E-state index contributed by atoms with van der Waals surface area (Å²) in [5.41, 5.74) is 3.94. The zero-order chi connectivity index (χ0) is 25.1. The van der Waals surface area contributed by atoms with E-state index in [1.807, 2.05) is 24.0 Å². The number of nitrogens with zero attached hydrogens (tertiary/aromatic N) is 6. The van der Waals surface area contributed by atoms with Gasteiger partial charge in [0.05, 0.1) is 23.1 Å². The minimum Gasteiger partial charge on any atom is -0.325 e. The van der Waals surface area contributed by atoms with Gasteiger partial charge in [-0.05, 0) is 62.9 Å². The molecular weight excluding hydrogens is 469 g/mol. The zero-order valence-electron chi connectivity index (χ0n) is 19.8. The van der Waals surface area contributed by atoms with Gasteiger partial charge in [0.25, 0.3) is 5.91 Å². The number of halogens is 3. The molecule has 1 fully saturated rings. The van der Waals surface area contributed by atoms with E-state index in [0.717, 1.165) is 36.2 Å². The second kappa shape index (κ2) is 8.32. The highest BCUT2D eigenvalue weighted by atomic mass is 19.2. The van der Waals surface area contributed by atoms with Crippen LogP contribution < -0.4 is 0 Å². The van der Waals surface area contributed by atoms with Crippen LogP contribution in [0.3, 0.4) is 0 Å². The van der Waals surface area contributed by atoms with E-state index in [2.05, 4.69) is 10.1 Å². The summed E-state index contributed by atoms with van der Waals surface area (Å²) in [6.45, 7) is 1.84. The number of benzene rings is 1. The number of carbonyl (C=O) groups is 1. The van der Waals surface area contributed by atoms with Crippen molar-refractivity contribution in [2.24, 2.45) is 7.05 Å². The van der Waals surface area contributed by atoms with Gasteiger partial charge in [-0.3, -0.25) is 9.48 Å². The third-order valence-corrected chi connectivity index (χ3v) is 7.13. The van der Waals surface area contributed by atoms with Crippen LogP contribution in [0.4, 0.5) is 13.2 Å². The average molecular weight is 493 g/mol. The summed E-state index contributed by atoms with van der Waals surface area (Å²) < 4.78 is 44.9. The number of hydrogen-bond acceptors (Lipinski definition) is 4. The van der Waals surface area contributed by atoms with Crippen LogP contribution in [0.1, 0.15) is 52.7 Å². The number of carbonyl (C=O) groups excluding carboxylic acids is 1. The van der Waals surface area contributed by atoms with Crippen molar-refractivity contribution >= 4 is 5.91 Å². The monoisotopic (exact) mass is 492 g/mol. The second-order valence-corrected chi connectivity index (χ2v) is 9.38. The normalized spacial score (nSPS) is 18.9. The smallest absolute Gasteiger partial charge is 0.275 e. The van der Waals surface area contributed by atoms with Gasteiger partial charge < -0.3 is 4.90 Å². The molecule has 2 aliphatic rings. The number of piperidine rings is 1. The van der Waals surface area contributed by atoms with Crippen molar-refractivity contribution in [2.45, 2.75) is 44.7 Å². The topological polar surface area (TPSA) is 68.8 Å². The summed E-state index contributed by atoms with van der Waals surface area (Å²) in [5.74, 6) is -4.19. The van der Waals surface area contributed by atoms with Crippen molar-refractivity contribution in [3.63, 3.8) is 0 Å². The molecule has 0 spiro atoms. The molecule has 0 aliphatic carbocycles. The first-order valence-electron chi connectivity index (χ1n) is 11.8. The van der Waals surface area contributed by atoms with E-state index in [0.29, 0.717) is 35.6 Å². The maximum absolute atomic E-state index is 14.1. The van der Waals surface area contributed by atoms with E-state index in [1.165, 1.54) is 0 Å². The molecule has 2 unspecified atom stereocenters. The van der Waals surface area contributed by atoms with Crippen LogP contribution in [0, 0.1) is 24.4 Å². The maximum Gasteiger partial charge on any atom is 0.275 e. The minimum absolute atomic E-state index is 0.130. The molecule has 0 radical (unpaired) electrons. The van der Waals surface area contributed by atoms with E-state index < -0.39 is 17.5 Å². The van der Waals surface area contributed by atoms with Gasteiger partial charge in [0.2, 0.25) is 0 Å². The number of rotatable bonds is 3. The number of fused-ring (bicyclic) bond motifs is 4. The van der Waals surface area contributed by atoms with Gasteiger partial charge in [-0.15, -0.1) is 0 Å².